The van der Waals surface area contributed by atoms with Gasteiger partial charge in [0.1, 0.15) is 0 Å². The van der Waals surface area contributed by atoms with Crippen molar-refractivity contribution in [1.29, 1.82) is 0 Å². The van der Waals surface area contributed by atoms with Crippen LogP contribution in [0.1, 0.15) is 25.0 Å². The van der Waals surface area contributed by atoms with Gasteiger partial charge in [-0.2, -0.15) is 0 Å². The lowest BCUT2D eigenvalue weighted by Crippen LogP contribution is -2.06. The van der Waals surface area contributed by atoms with Gasteiger partial charge in [0.15, 0.2) is 5.43 Å². The quantitative estimate of drug-likeness (QED) is 0.639. The van der Waals surface area contributed by atoms with Crippen molar-refractivity contribution < 1.29 is 0 Å². The summed E-state index contributed by atoms with van der Waals surface area (Å²) in [5.74, 6) is 0. The maximum absolute atomic E-state index is 11.7. The molecule has 0 aromatic heterocycles. The van der Waals surface area contributed by atoms with E-state index < -0.39 is 0 Å². The highest BCUT2D eigenvalue weighted by atomic mass is 16.1. The molecule has 0 N–H and O–H groups in total. The van der Waals surface area contributed by atoms with Crippen LogP contribution < -0.4 is 5.43 Å². The number of hydrogen-bond donors (Lipinski definition) is 0. The van der Waals surface area contributed by atoms with E-state index in [2.05, 4.69) is 0 Å². The molecule has 1 nitrogen and oxygen atoms in total. The maximum Gasteiger partial charge on any atom is 0.188 e. The van der Waals surface area contributed by atoms with Crippen molar-refractivity contribution >= 4 is 5.57 Å². The molecule has 1 aromatic carbocycles. The van der Waals surface area contributed by atoms with Gasteiger partial charge in [-0.25, -0.2) is 0 Å². The van der Waals surface area contributed by atoms with E-state index in [1.807, 2.05) is 51.1 Å². The summed E-state index contributed by atoms with van der Waals surface area (Å²) in [6.45, 7) is 5.74. The lowest BCUT2D eigenvalue weighted by Gasteiger charge is -1.95. The van der Waals surface area contributed by atoms with E-state index in [1.54, 1.807) is 0 Å². The summed E-state index contributed by atoms with van der Waals surface area (Å²) >= 11 is 0. The number of rotatable bonds is 1. The molecule has 0 aliphatic carbocycles. The summed E-state index contributed by atoms with van der Waals surface area (Å²) in [6.07, 6.45) is 1.95. The predicted molar refractivity (Wildman–Crippen MR) is 56.8 cm³/mol. The fraction of sp³-hybridized carbons (Fsp3) is 0.250. The average molecular weight is 174 g/mol. The van der Waals surface area contributed by atoms with Gasteiger partial charge in [0.25, 0.3) is 0 Å². The molecule has 0 heterocycles. The zero-order valence-electron chi connectivity index (χ0n) is 8.29. The fourth-order valence-corrected chi connectivity index (χ4v) is 1.18. The third-order valence-corrected chi connectivity index (χ3v) is 2.18. The van der Waals surface area contributed by atoms with E-state index >= 15 is 0 Å². The van der Waals surface area contributed by atoms with Crippen molar-refractivity contribution in [3.63, 3.8) is 0 Å². The summed E-state index contributed by atoms with van der Waals surface area (Å²) in [6, 6.07) is 7.50. The lowest BCUT2D eigenvalue weighted by atomic mass is 10.1. The van der Waals surface area contributed by atoms with Crippen LogP contribution >= 0.6 is 0 Å². The van der Waals surface area contributed by atoms with Crippen LogP contribution in [-0.4, -0.2) is 0 Å². The van der Waals surface area contributed by atoms with Crippen LogP contribution in [-0.2, 0) is 0 Å². The molecular weight excluding hydrogens is 160 g/mol. The summed E-state index contributed by atoms with van der Waals surface area (Å²) < 4.78 is 0. The molecule has 1 heteroatoms. The maximum atomic E-state index is 11.7. The van der Waals surface area contributed by atoms with E-state index in [0.717, 1.165) is 16.7 Å². The minimum Gasteiger partial charge on any atom is -0.289 e. The van der Waals surface area contributed by atoms with Crippen LogP contribution in [0.4, 0.5) is 0 Å². The smallest absolute Gasteiger partial charge is 0.188 e. The molecule has 0 fully saturated rings. The highest BCUT2D eigenvalue weighted by Gasteiger charge is 1.99. The SMILES string of the molecule is C/C=C(\C)c1ccccc(C)c1=O. The largest absolute Gasteiger partial charge is 0.289 e. The van der Waals surface area contributed by atoms with Gasteiger partial charge in [0.2, 0.25) is 0 Å². The zero-order valence-corrected chi connectivity index (χ0v) is 8.29. The Bertz CT molecular complexity index is 389. The monoisotopic (exact) mass is 174 g/mol. The van der Waals surface area contributed by atoms with Crippen molar-refractivity contribution in [3.05, 3.63) is 51.7 Å². The van der Waals surface area contributed by atoms with Crippen LogP contribution in [0.15, 0.2) is 35.1 Å². The van der Waals surface area contributed by atoms with Crippen molar-refractivity contribution in [3.8, 4) is 0 Å². The van der Waals surface area contributed by atoms with Crippen LogP contribution in [0.25, 0.3) is 5.57 Å². The number of allylic oxidation sites excluding steroid dienone is 2. The number of hydrogen-bond acceptors (Lipinski definition) is 1. The van der Waals surface area contributed by atoms with Gasteiger partial charge >= 0.3 is 0 Å². The minimum absolute atomic E-state index is 0.126. The minimum atomic E-state index is 0.126. The van der Waals surface area contributed by atoms with E-state index in [9.17, 15) is 4.79 Å². The Hall–Kier alpha value is -1.37. The van der Waals surface area contributed by atoms with Gasteiger partial charge in [-0.1, -0.05) is 30.3 Å². The van der Waals surface area contributed by atoms with Gasteiger partial charge in [-0.3, -0.25) is 4.79 Å². The molecule has 0 spiro atoms. The van der Waals surface area contributed by atoms with Gasteiger partial charge < -0.3 is 0 Å². The third-order valence-electron chi connectivity index (χ3n) is 2.18. The Kier molecular flexibility index (Phi) is 3.02. The third kappa shape index (κ3) is 2.05. The Morgan fingerprint density at radius 2 is 1.92 bits per heavy atom. The molecular formula is C12H14O. The van der Waals surface area contributed by atoms with Crippen molar-refractivity contribution in [1.82, 2.24) is 0 Å². The molecule has 68 valence electrons. The van der Waals surface area contributed by atoms with E-state index in [0.29, 0.717) is 0 Å². The first kappa shape index (κ1) is 9.72. The van der Waals surface area contributed by atoms with Crippen molar-refractivity contribution in [2.45, 2.75) is 20.8 Å². The van der Waals surface area contributed by atoms with E-state index in [-0.39, 0.29) is 5.43 Å². The average Bonchev–Trinajstić information content (AvgIpc) is 2.29. The first-order valence-corrected chi connectivity index (χ1v) is 4.40. The Balaban J connectivity index is 3.50. The summed E-state index contributed by atoms with van der Waals surface area (Å²) in [5.41, 5.74) is 2.75. The molecule has 1 rings (SSSR count). The summed E-state index contributed by atoms with van der Waals surface area (Å²) in [7, 11) is 0. The van der Waals surface area contributed by atoms with Crippen LogP contribution in [0.3, 0.4) is 0 Å². The highest BCUT2D eigenvalue weighted by molar-refractivity contribution is 5.63. The first-order valence-electron chi connectivity index (χ1n) is 4.40. The Morgan fingerprint density at radius 1 is 1.31 bits per heavy atom. The first-order chi connectivity index (χ1) is 6.16. The topological polar surface area (TPSA) is 17.1 Å². The molecule has 0 radical (unpaired) electrons. The molecule has 13 heavy (non-hydrogen) atoms. The molecule has 0 saturated heterocycles. The molecule has 0 aliphatic rings. The second-order valence-electron chi connectivity index (χ2n) is 3.12. The fourth-order valence-electron chi connectivity index (χ4n) is 1.18. The molecule has 0 atom stereocenters. The van der Waals surface area contributed by atoms with E-state index in [4.69, 9.17) is 0 Å². The standard InChI is InChI=1S/C12H14O/c1-4-9(2)11-8-6-5-7-10(3)12(11)13/h4-8H,1-3H3/b9-4+. The number of aryl methyl sites for hydroxylation is 1. The van der Waals surface area contributed by atoms with Gasteiger partial charge in [0, 0.05) is 5.56 Å². The van der Waals surface area contributed by atoms with Crippen LogP contribution in [0, 0.1) is 6.92 Å². The second-order valence-corrected chi connectivity index (χ2v) is 3.12. The predicted octanol–water partition coefficient (Wildman–Crippen LogP) is 2.78. The van der Waals surface area contributed by atoms with Crippen molar-refractivity contribution in [2.75, 3.05) is 0 Å². The molecule has 1 aromatic rings. The van der Waals surface area contributed by atoms with Crippen LogP contribution in [0.5, 0.6) is 0 Å². The zero-order chi connectivity index (χ0) is 9.84. The van der Waals surface area contributed by atoms with E-state index in [1.165, 1.54) is 0 Å². The van der Waals surface area contributed by atoms with Gasteiger partial charge in [-0.05, 0) is 31.9 Å². The molecule has 0 saturated carbocycles. The Labute approximate surface area is 78.7 Å². The van der Waals surface area contributed by atoms with Crippen molar-refractivity contribution in [2.24, 2.45) is 0 Å². The Morgan fingerprint density at radius 3 is 2.54 bits per heavy atom. The summed E-state index contributed by atoms with van der Waals surface area (Å²) in [4.78, 5) is 11.7. The normalized spacial score (nSPS) is 11.5. The summed E-state index contributed by atoms with van der Waals surface area (Å²) in [5, 5.41) is 0. The highest BCUT2D eigenvalue weighted by Crippen LogP contribution is 2.07. The molecule has 0 aliphatic heterocycles. The molecule has 0 bridgehead atoms. The van der Waals surface area contributed by atoms with Gasteiger partial charge in [0.05, 0.1) is 0 Å². The second kappa shape index (κ2) is 4.04. The van der Waals surface area contributed by atoms with Gasteiger partial charge in [-0.15, -0.1) is 0 Å². The lowest BCUT2D eigenvalue weighted by molar-refractivity contribution is 1.40. The molecule has 0 amide bonds. The van der Waals surface area contributed by atoms with Crippen LogP contribution in [0.2, 0.25) is 0 Å². The molecule has 0 unspecified atom stereocenters.